The number of carboxylic acid groups (broad SMARTS) is 2. The van der Waals surface area contributed by atoms with Crippen molar-refractivity contribution in [1.29, 1.82) is 0 Å². The van der Waals surface area contributed by atoms with Gasteiger partial charge in [0.2, 0.25) is 0 Å². The van der Waals surface area contributed by atoms with Gasteiger partial charge in [-0.25, -0.2) is 0 Å². The second kappa shape index (κ2) is 25.3. The van der Waals surface area contributed by atoms with Gasteiger partial charge < -0.3 is 70.1 Å². The Morgan fingerprint density at radius 1 is 0.554 bits per heavy atom. The molecule has 8 N–H and O–H groups in total. The molecule has 2 aliphatic rings. The highest BCUT2D eigenvalue weighted by Crippen LogP contribution is 2.40. The van der Waals surface area contributed by atoms with E-state index in [2.05, 4.69) is 33.4 Å². The van der Waals surface area contributed by atoms with E-state index in [9.17, 15) is 30.0 Å². The van der Waals surface area contributed by atoms with Gasteiger partial charge in [0.25, 0.3) is 0 Å². The average Bonchev–Trinajstić information content (AvgIpc) is 3.40. The van der Waals surface area contributed by atoms with Gasteiger partial charge in [-0.05, 0) is 84.3 Å². The first-order valence-corrected chi connectivity index (χ1v) is 25.1. The van der Waals surface area contributed by atoms with Gasteiger partial charge in [-0.15, -0.1) is 0 Å². The topological polar surface area (TPSA) is 219 Å². The lowest BCUT2D eigenvalue weighted by Gasteiger charge is -2.23. The number of ether oxygens (including phenoxy) is 6. The summed E-state index contributed by atoms with van der Waals surface area (Å²) in [5.74, 6) is 0.870. The predicted molar refractivity (Wildman–Crippen MR) is 282 cm³/mol. The van der Waals surface area contributed by atoms with Crippen molar-refractivity contribution in [1.82, 2.24) is 10.6 Å². The van der Waals surface area contributed by atoms with Gasteiger partial charge in [0.05, 0.1) is 21.4 Å². The molecule has 390 valence electrons. The van der Waals surface area contributed by atoms with Gasteiger partial charge >= 0.3 is 11.9 Å². The molecule has 8 rings (SSSR count). The number of carboxylic acids is 2. The van der Waals surface area contributed by atoms with E-state index in [0.717, 1.165) is 55.9 Å². The quantitative estimate of drug-likeness (QED) is 0.0268. The molecule has 2 unspecified atom stereocenters. The Morgan fingerprint density at radius 2 is 0.932 bits per heavy atom. The minimum atomic E-state index is -1.08. The molecular formula is C56H60Cl2N4O12. The van der Waals surface area contributed by atoms with E-state index in [1.807, 2.05) is 74.5 Å². The summed E-state index contributed by atoms with van der Waals surface area (Å²) in [6, 6.07) is 28.5. The lowest BCUT2D eigenvalue weighted by Crippen LogP contribution is -2.37. The molecule has 74 heavy (non-hydrogen) atoms. The minimum Gasteiger partial charge on any atom is -0.489 e. The van der Waals surface area contributed by atoms with E-state index in [1.165, 1.54) is 0 Å². The number of aliphatic hydroxyl groups is 2. The Morgan fingerprint density at radius 3 is 1.34 bits per heavy atom. The summed E-state index contributed by atoms with van der Waals surface area (Å²) >= 11 is 13.8. The van der Waals surface area contributed by atoms with E-state index in [-0.39, 0.29) is 65.6 Å². The minimum absolute atomic E-state index is 0.0239. The van der Waals surface area contributed by atoms with Crippen molar-refractivity contribution in [2.75, 3.05) is 50.2 Å². The number of carbonyl (C=O) groups is 2. The lowest BCUT2D eigenvalue weighted by atomic mass is 9.92. The number of para-hydroxylation sites is 2. The first kappa shape index (κ1) is 53.4. The zero-order valence-corrected chi connectivity index (χ0v) is 42.6. The maximum Gasteiger partial charge on any atom is 0.320 e. The largest absolute Gasteiger partial charge is 0.489 e. The van der Waals surface area contributed by atoms with Gasteiger partial charge in [0.1, 0.15) is 86.2 Å². The fraction of sp³-hybridized carbons (Fsp3) is 0.321. The standard InChI is InChI=1S/C56H60Cl2N4O12/c1-33-35(29-73-51-25-49(39(23-43(51)57)27-61-47(15-19-63)55(65)66)71-31-37-9-5-13-45-53(37)69-21-17-59-45)7-3-11-41(33)42-12-4-8-36(34(42)2)30-74-52-26-50(40(24-44(52)58)28-62-48(16-20-64)56(67)68)72-32-38-10-6-14-46-54(38)70-22-18-60-46/h3-14,23-26,47-48,59-64H,15-22,27-32H2,1-2H3,(H,65,66)(H,67,68). The third kappa shape index (κ3) is 13.1. The van der Waals surface area contributed by atoms with Crippen LogP contribution < -0.4 is 49.7 Å². The summed E-state index contributed by atoms with van der Waals surface area (Å²) in [6.45, 7) is 6.76. The number of halogens is 2. The molecule has 0 saturated heterocycles. The van der Waals surface area contributed by atoms with Crippen LogP contribution in [0.15, 0.2) is 97.1 Å². The molecule has 2 atom stereocenters. The van der Waals surface area contributed by atoms with Crippen molar-refractivity contribution in [3.05, 3.63) is 152 Å². The van der Waals surface area contributed by atoms with E-state index in [0.29, 0.717) is 82.0 Å². The smallest absolute Gasteiger partial charge is 0.320 e. The lowest BCUT2D eigenvalue weighted by molar-refractivity contribution is -0.140. The molecule has 0 amide bonds. The van der Waals surface area contributed by atoms with E-state index in [4.69, 9.17) is 51.6 Å². The van der Waals surface area contributed by atoms with E-state index < -0.39 is 24.0 Å². The number of aliphatic carboxylic acids is 2. The van der Waals surface area contributed by atoms with Crippen LogP contribution in [0.25, 0.3) is 11.1 Å². The van der Waals surface area contributed by atoms with Crippen LogP contribution in [0.1, 0.15) is 57.3 Å². The molecule has 0 spiro atoms. The highest BCUT2D eigenvalue weighted by molar-refractivity contribution is 6.32. The van der Waals surface area contributed by atoms with Crippen LogP contribution in [-0.4, -0.2) is 84.0 Å². The van der Waals surface area contributed by atoms with Crippen molar-refractivity contribution in [3.63, 3.8) is 0 Å². The molecule has 0 radical (unpaired) electrons. The zero-order valence-electron chi connectivity index (χ0n) is 41.1. The molecule has 6 aromatic rings. The molecule has 18 heteroatoms. The molecule has 2 heterocycles. The molecular weight excluding hydrogens is 992 g/mol. The van der Waals surface area contributed by atoms with Crippen LogP contribution in [0, 0.1) is 13.8 Å². The molecule has 0 bridgehead atoms. The van der Waals surface area contributed by atoms with Crippen LogP contribution in [0.5, 0.6) is 34.5 Å². The van der Waals surface area contributed by atoms with Crippen LogP contribution >= 0.6 is 23.2 Å². The Bertz CT molecular complexity index is 2760. The molecule has 6 aromatic carbocycles. The molecule has 0 aromatic heterocycles. The van der Waals surface area contributed by atoms with E-state index in [1.54, 1.807) is 24.3 Å². The number of benzene rings is 6. The highest BCUT2D eigenvalue weighted by Gasteiger charge is 2.23. The number of hydrogen-bond acceptors (Lipinski definition) is 14. The predicted octanol–water partition coefficient (Wildman–Crippen LogP) is 9.05. The number of aliphatic hydroxyl groups excluding tert-OH is 2. The molecule has 0 aliphatic carbocycles. The van der Waals surface area contributed by atoms with Crippen LogP contribution in [-0.2, 0) is 49.1 Å². The Hall–Kier alpha value is -6.92. The monoisotopic (exact) mass is 1050 g/mol. The average molecular weight is 1050 g/mol. The number of hydrogen-bond donors (Lipinski definition) is 8. The SMILES string of the molecule is Cc1c(COc2cc(OCc3cccc4c3OCCN4)c(CNC(CCO)C(=O)O)cc2Cl)cccc1-c1cccc(COc2cc(OCc3cccc4c3OCCN4)c(CNC(CCO)C(=O)O)cc2Cl)c1C. The van der Waals surface area contributed by atoms with Crippen LogP contribution in [0.4, 0.5) is 11.4 Å². The summed E-state index contributed by atoms with van der Waals surface area (Å²) in [7, 11) is 0. The molecule has 0 saturated carbocycles. The number of rotatable bonds is 25. The van der Waals surface area contributed by atoms with Gasteiger partial charge in [0, 0.05) is 73.8 Å². The third-order valence-corrected chi connectivity index (χ3v) is 13.6. The fourth-order valence-electron chi connectivity index (χ4n) is 8.85. The van der Waals surface area contributed by atoms with Crippen molar-refractivity contribution in [2.24, 2.45) is 0 Å². The molecule has 0 fully saturated rings. The summed E-state index contributed by atoms with van der Waals surface area (Å²) in [5.41, 5.74) is 10.4. The van der Waals surface area contributed by atoms with Gasteiger partial charge in [-0.2, -0.15) is 0 Å². The van der Waals surface area contributed by atoms with Crippen LogP contribution in [0.3, 0.4) is 0 Å². The second-order valence-electron chi connectivity index (χ2n) is 17.8. The number of nitrogens with one attached hydrogen (secondary N) is 4. The second-order valence-corrected chi connectivity index (χ2v) is 18.6. The van der Waals surface area contributed by atoms with Crippen LogP contribution in [0.2, 0.25) is 10.0 Å². The first-order valence-electron chi connectivity index (χ1n) is 24.4. The Labute approximate surface area is 439 Å². The normalized spacial score (nSPS) is 13.4. The maximum atomic E-state index is 11.9. The van der Waals surface area contributed by atoms with Crippen molar-refractivity contribution < 1.29 is 58.4 Å². The van der Waals surface area contributed by atoms with Gasteiger partial charge in [-0.3, -0.25) is 9.59 Å². The van der Waals surface area contributed by atoms with Crippen molar-refractivity contribution >= 4 is 46.5 Å². The molecule has 16 nitrogen and oxygen atoms in total. The first-order chi connectivity index (χ1) is 35.9. The Balaban J connectivity index is 0.997. The highest BCUT2D eigenvalue weighted by atomic mass is 35.5. The maximum absolute atomic E-state index is 11.9. The summed E-state index contributed by atoms with van der Waals surface area (Å²) < 4.78 is 37.6. The van der Waals surface area contributed by atoms with Gasteiger partial charge in [-0.1, -0.05) is 83.9 Å². The summed E-state index contributed by atoms with van der Waals surface area (Å²) in [4.78, 5) is 23.8. The summed E-state index contributed by atoms with van der Waals surface area (Å²) in [6.07, 6.45) is 0.0477. The number of anilines is 2. The zero-order chi connectivity index (χ0) is 52.1. The fourth-order valence-corrected chi connectivity index (χ4v) is 9.33. The van der Waals surface area contributed by atoms with Crippen molar-refractivity contribution in [2.45, 2.75) is 78.3 Å². The summed E-state index contributed by atoms with van der Waals surface area (Å²) in [5, 5.41) is 51.7. The Kier molecular flexibility index (Phi) is 18.3. The van der Waals surface area contributed by atoms with Gasteiger partial charge in [0.15, 0.2) is 0 Å². The molecule has 2 aliphatic heterocycles. The van der Waals surface area contributed by atoms with E-state index >= 15 is 0 Å². The number of fused-ring (bicyclic) bond motifs is 2. The third-order valence-electron chi connectivity index (χ3n) is 13.0. The van der Waals surface area contributed by atoms with Crippen molar-refractivity contribution in [3.8, 4) is 45.6 Å².